The molecule has 0 N–H and O–H groups in total. The number of rotatable bonds is 2. The molecule has 226 valence electrons. The molecule has 3 heteroatoms. The minimum atomic E-state index is -0.0608. The molecule has 1 aliphatic carbocycles. The topological polar surface area (TPSA) is 31.2 Å². The highest BCUT2D eigenvalue weighted by molar-refractivity contribution is 6.19. The zero-order chi connectivity index (χ0) is 31.7. The Balaban J connectivity index is 1.14. The maximum Gasteiger partial charge on any atom is 0.159 e. The average molecular weight is 616 g/mol. The van der Waals surface area contributed by atoms with Gasteiger partial charge in [0.05, 0.1) is 16.7 Å². The highest BCUT2D eigenvalue weighted by Crippen LogP contribution is 2.53. The van der Waals surface area contributed by atoms with Crippen molar-refractivity contribution in [1.29, 1.82) is 0 Å². The van der Waals surface area contributed by atoms with Gasteiger partial charge in [0.15, 0.2) is 5.58 Å². The number of benzene rings is 7. The number of fused-ring (bicyclic) bond motifs is 13. The fourth-order valence-electron chi connectivity index (χ4n) is 8.56. The van der Waals surface area contributed by atoms with E-state index in [1.54, 1.807) is 0 Å². The Bertz CT molecular complexity index is 2980. The summed E-state index contributed by atoms with van der Waals surface area (Å²) in [4.78, 5) is 0. The Morgan fingerprint density at radius 1 is 0.479 bits per heavy atom. The van der Waals surface area contributed by atoms with E-state index in [0.717, 1.165) is 60.7 Å². The van der Waals surface area contributed by atoms with Crippen LogP contribution in [-0.4, -0.2) is 4.57 Å². The van der Waals surface area contributed by atoms with Gasteiger partial charge in [-0.1, -0.05) is 105 Å². The Morgan fingerprint density at radius 3 is 2.15 bits per heavy atom. The zero-order valence-electron chi connectivity index (χ0n) is 26.5. The van der Waals surface area contributed by atoms with Crippen LogP contribution in [0.2, 0.25) is 0 Å². The second kappa shape index (κ2) is 9.05. The molecule has 0 radical (unpaired) electrons. The summed E-state index contributed by atoms with van der Waals surface area (Å²) in [5.74, 6) is 0. The van der Waals surface area contributed by atoms with Crippen LogP contribution in [0.5, 0.6) is 0 Å². The quantitative estimate of drug-likeness (QED) is 0.194. The highest BCUT2D eigenvalue weighted by Gasteiger charge is 2.37. The third-order valence-electron chi connectivity index (χ3n) is 10.8. The van der Waals surface area contributed by atoms with Gasteiger partial charge in [-0.15, -0.1) is 0 Å². The minimum absolute atomic E-state index is 0.0608. The first-order chi connectivity index (χ1) is 23.6. The molecule has 0 saturated carbocycles. The second-order valence-electron chi connectivity index (χ2n) is 13.7. The van der Waals surface area contributed by atoms with Gasteiger partial charge in [-0.25, -0.2) is 0 Å². The Kier molecular flexibility index (Phi) is 4.91. The molecule has 3 nitrogen and oxygen atoms in total. The first-order valence-electron chi connectivity index (χ1n) is 16.6. The molecule has 0 aliphatic heterocycles. The molecular weight excluding hydrogens is 587 g/mol. The number of para-hydroxylation sites is 3. The van der Waals surface area contributed by atoms with Crippen LogP contribution < -0.4 is 0 Å². The van der Waals surface area contributed by atoms with Crippen LogP contribution in [0.1, 0.15) is 25.0 Å². The molecule has 11 rings (SSSR count). The number of aromatic nitrogens is 1. The summed E-state index contributed by atoms with van der Waals surface area (Å²) in [6.07, 6.45) is 0. The first-order valence-corrected chi connectivity index (χ1v) is 16.6. The standard InChI is InChI=1S/C45H29NO2/c1-45(2)34-14-6-3-11-31(34)42-35(45)21-22-37-43(42)32-12-4-7-15-36(32)46(37)38-16-9-13-30-33-24-26(19-23-40(33)48-44(30)38)27-18-20-29-28-10-5-8-17-39(28)47-41(29)25-27/h3-25H,1-2H3. The van der Waals surface area contributed by atoms with Crippen LogP contribution in [0.15, 0.2) is 148 Å². The van der Waals surface area contributed by atoms with Crippen molar-refractivity contribution in [2.24, 2.45) is 0 Å². The molecule has 0 saturated heterocycles. The van der Waals surface area contributed by atoms with Gasteiger partial charge in [-0.3, -0.25) is 0 Å². The number of nitrogens with zero attached hydrogens (tertiary/aromatic N) is 1. The smallest absolute Gasteiger partial charge is 0.159 e. The van der Waals surface area contributed by atoms with E-state index in [0.29, 0.717) is 0 Å². The predicted molar refractivity (Wildman–Crippen MR) is 198 cm³/mol. The fraction of sp³-hybridized carbons (Fsp3) is 0.0667. The molecule has 10 aromatic rings. The van der Waals surface area contributed by atoms with Gasteiger partial charge in [0.2, 0.25) is 0 Å². The summed E-state index contributed by atoms with van der Waals surface area (Å²) < 4.78 is 15.4. The van der Waals surface area contributed by atoms with Crippen molar-refractivity contribution in [2.75, 3.05) is 0 Å². The molecule has 3 aromatic heterocycles. The normalized spacial score (nSPS) is 13.8. The number of hydrogen-bond donors (Lipinski definition) is 0. The lowest BCUT2D eigenvalue weighted by Gasteiger charge is -2.21. The van der Waals surface area contributed by atoms with Gasteiger partial charge >= 0.3 is 0 Å². The van der Waals surface area contributed by atoms with Crippen molar-refractivity contribution >= 4 is 65.7 Å². The minimum Gasteiger partial charge on any atom is -0.456 e. The largest absolute Gasteiger partial charge is 0.456 e. The van der Waals surface area contributed by atoms with Crippen molar-refractivity contribution < 1.29 is 8.83 Å². The Labute approximate surface area is 276 Å². The zero-order valence-corrected chi connectivity index (χ0v) is 26.5. The number of hydrogen-bond acceptors (Lipinski definition) is 2. The highest BCUT2D eigenvalue weighted by atomic mass is 16.3. The lowest BCUT2D eigenvalue weighted by Crippen LogP contribution is -2.14. The predicted octanol–water partition coefficient (Wildman–Crippen LogP) is 12.6. The van der Waals surface area contributed by atoms with Gasteiger partial charge in [0.1, 0.15) is 16.7 Å². The average Bonchev–Trinajstić information content (AvgIpc) is 3.84. The maximum absolute atomic E-state index is 6.75. The summed E-state index contributed by atoms with van der Waals surface area (Å²) >= 11 is 0. The second-order valence-corrected chi connectivity index (χ2v) is 13.7. The molecule has 0 atom stereocenters. The molecule has 0 amide bonds. The van der Waals surface area contributed by atoms with E-state index in [1.807, 2.05) is 12.1 Å². The van der Waals surface area contributed by atoms with E-state index in [2.05, 4.69) is 146 Å². The van der Waals surface area contributed by atoms with Crippen LogP contribution in [0.4, 0.5) is 0 Å². The van der Waals surface area contributed by atoms with Gasteiger partial charge < -0.3 is 13.4 Å². The van der Waals surface area contributed by atoms with Crippen molar-refractivity contribution in [1.82, 2.24) is 4.57 Å². The van der Waals surface area contributed by atoms with Crippen molar-refractivity contribution in [2.45, 2.75) is 19.3 Å². The van der Waals surface area contributed by atoms with E-state index >= 15 is 0 Å². The van der Waals surface area contributed by atoms with Crippen LogP contribution in [0, 0.1) is 0 Å². The monoisotopic (exact) mass is 615 g/mol. The van der Waals surface area contributed by atoms with E-state index in [-0.39, 0.29) is 5.41 Å². The SMILES string of the molecule is CC1(C)c2ccccc2-c2c1ccc1c2c2ccccc2n1-c1cccc2c1oc1ccc(-c3ccc4c(c3)oc3ccccc34)cc12. The Hall–Kier alpha value is -6.06. The summed E-state index contributed by atoms with van der Waals surface area (Å²) in [6, 6.07) is 50.2. The molecule has 0 spiro atoms. The van der Waals surface area contributed by atoms with E-state index < -0.39 is 0 Å². The molecule has 7 aromatic carbocycles. The molecule has 0 unspecified atom stereocenters. The molecular formula is C45H29NO2. The lowest BCUT2D eigenvalue weighted by molar-refractivity contribution is 0.660. The molecule has 3 heterocycles. The fourth-order valence-corrected chi connectivity index (χ4v) is 8.56. The van der Waals surface area contributed by atoms with Gasteiger partial charge in [-0.05, 0) is 81.9 Å². The Morgan fingerprint density at radius 2 is 1.21 bits per heavy atom. The van der Waals surface area contributed by atoms with Gasteiger partial charge in [-0.2, -0.15) is 0 Å². The third-order valence-corrected chi connectivity index (χ3v) is 10.8. The van der Waals surface area contributed by atoms with Crippen LogP contribution >= 0.6 is 0 Å². The summed E-state index contributed by atoms with van der Waals surface area (Å²) in [7, 11) is 0. The summed E-state index contributed by atoms with van der Waals surface area (Å²) in [5.41, 5.74) is 14.6. The van der Waals surface area contributed by atoms with E-state index in [4.69, 9.17) is 8.83 Å². The van der Waals surface area contributed by atoms with E-state index in [9.17, 15) is 0 Å². The maximum atomic E-state index is 6.75. The molecule has 48 heavy (non-hydrogen) atoms. The van der Waals surface area contributed by atoms with E-state index in [1.165, 1.54) is 44.1 Å². The molecule has 0 fully saturated rings. The molecule has 1 aliphatic rings. The van der Waals surface area contributed by atoms with Crippen LogP contribution in [0.3, 0.4) is 0 Å². The lowest BCUT2D eigenvalue weighted by atomic mass is 9.82. The van der Waals surface area contributed by atoms with Crippen LogP contribution in [-0.2, 0) is 5.41 Å². The summed E-state index contributed by atoms with van der Waals surface area (Å²) in [5, 5.41) is 7.05. The first kappa shape index (κ1) is 26.1. The van der Waals surface area contributed by atoms with Crippen molar-refractivity contribution in [3.63, 3.8) is 0 Å². The van der Waals surface area contributed by atoms with Crippen molar-refractivity contribution in [3.05, 3.63) is 151 Å². The van der Waals surface area contributed by atoms with Crippen LogP contribution in [0.25, 0.3) is 93.6 Å². The third kappa shape index (κ3) is 3.28. The molecule has 0 bridgehead atoms. The van der Waals surface area contributed by atoms with Crippen molar-refractivity contribution in [3.8, 4) is 27.9 Å². The number of furan rings is 2. The summed E-state index contributed by atoms with van der Waals surface area (Å²) in [6.45, 7) is 4.70. The van der Waals surface area contributed by atoms with Gasteiger partial charge in [0.25, 0.3) is 0 Å². The van der Waals surface area contributed by atoms with Gasteiger partial charge in [0, 0.05) is 37.7 Å².